The Morgan fingerprint density at radius 1 is 1.10 bits per heavy atom. The van der Waals surface area contributed by atoms with Crippen LogP contribution in [0.15, 0.2) is 42.5 Å². The molecule has 1 atom stereocenters. The van der Waals surface area contributed by atoms with E-state index in [1.54, 1.807) is 0 Å². The van der Waals surface area contributed by atoms with Crippen molar-refractivity contribution < 1.29 is 4.39 Å². The molecular weight excluding hydrogens is 263 g/mol. The zero-order valence-corrected chi connectivity index (χ0v) is 12.9. The van der Waals surface area contributed by atoms with Gasteiger partial charge in [0.1, 0.15) is 5.82 Å². The fraction of sp³-hybridized carbons (Fsp3) is 0.333. The molecule has 3 heteroatoms. The molecule has 0 bridgehead atoms. The highest BCUT2D eigenvalue weighted by Crippen LogP contribution is 2.28. The summed E-state index contributed by atoms with van der Waals surface area (Å²) < 4.78 is 13.1. The van der Waals surface area contributed by atoms with Crippen LogP contribution in [0.4, 0.5) is 10.1 Å². The van der Waals surface area contributed by atoms with Crippen LogP contribution in [0, 0.1) is 19.7 Å². The van der Waals surface area contributed by atoms with Gasteiger partial charge in [-0.1, -0.05) is 23.8 Å². The maximum Gasteiger partial charge on any atom is 0.123 e. The molecule has 0 aliphatic rings. The molecular formula is C18H23FN2. The molecule has 0 aromatic heterocycles. The maximum absolute atomic E-state index is 13.1. The fourth-order valence-electron chi connectivity index (χ4n) is 2.84. The molecule has 2 N–H and O–H groups in total. The highest BCUT2D eigenvalue weighted by atomic mass is 19.1. The first-order valence-electron chi connectivity index (χ1n) is 7.36. The minimum absolute atomic E-state index is 0.0982. The van der Waals surface area contributed by atoms with Crippen molar-refractivity contribution in [1.29, 1.82) is 0 Å². The number of aryl methyl sites for hydroxylation is 2. The molecule has 0 amide bonds. The summed E-state index contributed by atoms with van der Waals surface area (Å²) in [6, 6.07) is 13.1. The van der Waals surface area contributed by atoms with E-state index in [0.717, 1.165) is 12.2 Å². The lowest BCUT2D eigenvalue weighted by molar-refractivity contribution is 0.621. The van der Waals surface area contributed by atoms with E-state index in [4.69, 9.17) is 5.73 Å². The van der Waals surface area contributed by atoms with Crippen molar-refractivity contribution in [1.82, 2.24) is 0 Å². The molecule has 2 rings (SSSR count). The Morgan fingerprint density at radius 3 is 2.29 bits per heavy atom. The Kier molecular flexibility index (Phi) is 4.97. The first-order chi connectivity index (χ1) is 10.1. The van der Waals surface area contributed by atoms with Gasteiger partial charge in [-0.15, -0.1) is 0 Å². The lowest BCUT2D eigenvalue weighted by Crippen LogP contribution is -2.34. The highest BCUT2D eigenvalue weighted by molar-refractivity contribution is 5.50. The Morgan fingerprint density at radius 2 is 1.76 bits per heavy atom. The number of hydrogen-bond donors (Lipinski definition) is 1. The van der Waals surface area contributed by atoms with Gasteiger partial charge in [0.25, 0.3) is 0 Å². The number of nitrogens with zero attached hydrogens (tertiary/aromatic N) is 1. The molecule has 0 aliphatic heterocycles. The van der Waals surface area contributed by atoms with Gasteiger partial charge >= 0.3 is 0 Å². The Labute approximate surface area is 126 Å². The van der Waals surface area contributed by atoms with Crippen molar-refractivity contribution in [2.45, 2.75) is 26.8 Å². The van der Waals surface area contributed by atoms with Gasteiger partial charge in [0.15, 0.2) is 0 Å². The van der Waals surface area contributed by atoms with Gasteiger partial charge in [-0.3, -0.25) is 0 Å². The van der Waals surface area contributed by atoms with Crippen molar-refractivity contribution in [2.24, 2.45) is 5.73 Å². The van der Waals surface area contributed by atoms with Gasteiger partial charge < -0.3 is 10.6 Å². The van der Waals surface area contributed by atoms with Crippen LogP contribution in [-0.4, -0.2) is 13.1 Å². The van der Waals surface area contributed by atoms with Crippen LogP contribution >= 0.6 is 0 Å². The molecule has 0 fully saturated rings. The maximum atomic E-state index is 13.1. The van der Waals surface area contributed by atoms with Crippen LogP contribution in [0.25, 0.3) is 0 Å². The molecule has 0 heterocycles. The summed E-state index contributed by atoms with van der Waals surface area (Å²) in [5.41, 5.74) is 10.8. The lowest BCUT2D eigenvalue weighted by Gasteiger charge is -2.33. The third-order valence-electron chi connectivity index (χ3n) is 3.88. The predicted octanol–water partition coefficient (Wildman–Crippen LogP) is 3.97. The number of halogens is 1. The summed E-state index contributed by atoms with van der Waals surface area (Å²) in [7, 11) is 0. The molecule has 2 aromatic rings. The van der Waals surface area contributed by atoms with Gasteiger partial charge in [0.05, 0.1) is 6.04 Å². The second kappa shape index (κ2) is 6.72. The third-order valence-corrected chi connectivity index (χ3v) is 3.88. The molecule has 2 nitrogen and oxygen atoms in total. The smallest absolute Gasteiger partial charge is 0.123 e. The highest BCUT2D eigenvalue weighted by Gasteiger charge is 2.20. The van der Waals surface area contributed by atoms with E-state index in [-0.39, 0.29) is 11.9 Å². The molecule has 0 saturated heterocycles. The lowest BCUT2D eigenvalue weighted by atomic mass is 9.97. The number of likely N-dealkylation sites (N-methyl/N-ethyl adjacent to an activating group) is 1. The number of benzene rings is 2. The topological polar surface area (TPSA) is 29.3 Å². The standard InChI is InChI=1S/C18H23FN2/c1-4-21(16-8-6-15(19)7-9-16)18(12-20)17-10-5-13(2)11-14(17)3/h5-11,18H,4,12,20H2,1-3H3. The average Bonchev–Trinajstić information content (AvgIpc) is 2.47. The van der Waals surface area contributed by atoms with Gasteiger partial charge in [-0.05, 0) is 56.2 Å². The van der Waals surface area contributed by atoms with E-state index in [1.807, 2.05) is 12.1 Å². The largest absolute Gasteiger partial charge is 0.363 e. The zero-order chi connectivity index (χ0) is 15.4. The first kappa shape index (κ1) is 15.5. The Hall–Kier alpha value is -1.87. The molecule has 0 saturated carbocycles. The molecule has 0 spiro atoms. The van der Waals surface area contributed by atoms with Crippen LogP contribution in [-0.2, 0) is 0 Å². The molecule has 2 aromatic carbocycles. The molecule has 21 heavy (non-hydrogen) atoms. The summed E-state index contributed by atoms with van der Waals surface area (Å²) in [4.78, 5) is 2.22. The molecule has 0 aliphatic carbocycles. The van der Waals surface area contributed by atoms with Crippen molar-refractivity contribution >= 4 is 5.69 Å². The van der Waals surface area contributed by atoms with Crippen molar-refractivity contribution in [3.63, 3.8) is 0 Å². The van der Waals surface area contributed by atoms with Crippen molar-refractivity contribution in [3.05, 3.63) is 65.0 Å². The van der Waals surface area contributed by atoms with E-state index in [9.17, 15) is 4.39 Å². The van der Waals surface area contributed by atoms with Gasteiger partial charge in [-0.25, -0.2) is 4.39 Å². The van der Waals surface area contributed by atoms with Gasteiger partial charge in [-0.2, -0.15) is 0 Å². The predicted molar refractivity (Wildman–Crippen MR) is 87.1 cm³/mol. The Bertz CT molecular complexity index is 593. The summed E-state index contributed by atoms with van der Waals surface area (Å²) >= 11 is 0. The fourth-order valence-corrected chi connectivity index (χ4v) is 2.84. The van der Waals surface area contributed by atoms with Crippen LogP contribution in [0.3, 0.4) is 0 Å². The molecule has 1 unspecified atom stereocenters. The quantitative estimate of drug-likeness (QED) is 0.901. The number of anilines is 1. The number of nitrogens with two attached hydrogens (primary N) is 1. The summed E-state index contributed by atoms with van der Waals surface area (Å²) in [6.45, 7) is 7.64. The summed E-state index contributed by atoms with van der Waals surface area (Å²) in [5.74, 6) is -0.217. The van der Waals surface area contributed by atoms with Crippen LogP contribution in [0.2, 0.25) is 0 Å². The van der Waals surface area contributed by atoms with Gasteiger partial charge in [0.2, 0.25) is 0 Å². The average molecular weight is 286 g/mol. The molecule has 112 valence electrons. The number of rotatable bonds is 5. The van der Waals surface area contributed by atoms with Crippen molar-refractivity contribution in [2.75, 3.05) is 18.0 Å². The SMILES string of the molecule is CCN(c1ccc(F)cc1)C(CN)c1ccc(C)cc1C. The zero-order valence-electron chi connectivity index (χ0n) is 12.9. The first-order valence-corrected chi connectivity index (χ1v) is 7.36. The monoisotopic (exact) mass is 286 g/mol. The van der Waals surface area contributed by atoms with E-state index in [1.165, 1.54) is 28.8 Å². The second-order valence-electron chi connectivity index (χ2n) is 5.37. The second-order valence-corrected chi connectivity index (χ2v) is 5.37. The molecule has 0 radical (unpaired) electrons. The van der Waals surface area contributed by atoms with E-state index < -0.39 is 0 Å². The van der Waals surface area contributed by atoms with E-state index in [0.29, 0.717) is 6.54 Å². The third kappa shape index (κ3) is 3.42. The van der Waals surface area contributed by atoms with Crippen LogP contribution in [0.1, 0.15) is 29.7 Å². The minimum atomic E-state index is -0.217. The number of hydrogen-bond acceptors (Lipinski definition) is 2. The van der Waals surface area contributed by atoms with Crippen LogP contribution in [0.5, 0.6) is 0 Å². The van der Waals surface area contributed by atoms with Gasteiger partial charge in [0, 0.05) is 18.8 Å². The summed E-state index contributed by atoms with van der Waals surface area (Å²) in [6.07, 6.45) is 0. The minimum Gasteiger partial charge on any atom is -0.363 e. The van der Waals surface area contributed by atoms with Crippen molar-refractivity contribution in [3.8, 4) is 0 Å². The normalized spacial score (nSPS) is 12.2. The summed E-state index contributed by atoms with van der Waals surface area (Å²) in [5, 5.41) is 0. The van der Waals surface area contributed by atoms with E-state index in [2.05, 4.69) is 43.9 Å². The Balaban J connectivity index is 2.39. The van der Waals surface area contributed by atoms with Crippen LogP contribution < -0.4 is 10.6 Å². The van der Waals surface area contributed by atoms with E-state index >= 15 is 0 Å².